The van der Waals surface area contributed by atoms with Crippen molar-refractivity contribution in [3.63, 3.8) is 0 Å². The Balaban J connectivity index is 1.35. The van der Waals surface area contributed by atoms with E-state index in [0.29, 0.717) is 35.6 Å². The van der Waals surface area contributed by atoms with Crippen LogP contribution in [0.4, 0.5) is 0 Å². The Hall–Kier alpha value is -3.74. The molecule has 7 heteroatoms. The lowest BCUT2D eigenvalue weighted by molar-refractivity contribution is 0.342. The number of benzene rings is 2. The van der Waals surface area contributed by atoms with E-state index in [1.807, 2.05) is 37.4 Å². The molecule has 1 unspecified atom stereocenters. The maximum Gasteiger partial charge on any atom is 0.219 e. The summed E-state index contributed by atoms with van der Waals surface area (Å²) in [6, 6.07) is 20.0. The number of likely N-dealkylation sites (tertiary alicyclic amines) is 1. The topological polar surface area (TPSA) is 68.2 Å². The SMILES string of the molecule is CN=C(NCc1ccc(Oc2c(OC)cccc2OC)nc1)N1CCC(c2ccccc2)C1. The number of rotatable bonds is 7. The number of para-hydroxylation sites is 1. The van der Waals surface area contributed by atoms with Gasteiger partial charge in [0.25, 0.3) is 0 Å². The van der Waals surface area contributed by atoms with E-state index in [4.69, 9.17) is 14.2 Å². The molecule has 1 aliphatic rings. The number of ether oxygens (including phenoxy) is 3. The fraction of sp³-hybridized carbons (Fsp3) is 0.308. The zero-order valence-electron chi connectivity index (χ0n) is 19.3. The summed E-state index contributed by atoms with van der Waals surface area (Å²) in [7, 11) is 5.02. The van der Waals surface area contributed by atoms with Gasteiger partial charge in [-0.3, -0.25) is 4.99 Å². The van der Waals surface area contributed by atoms with Crippen LogP contribution in [0.5, 0.6) is 23.1 Å². The van der Waals surface area contributed by atoms with Crippen LogP contribution in [0.1, 0.15) is 23.5 Å². The van der Waals surface area contributed by atoms with Crippen molar-refractivity contribution in [2.45, 2.75) is 18.9 Å². The zero-order chi connectivity index (χ0) is 23.0. The van der Waals surface area contributed by atoms with Gasteiger partial charge in [0.1, 0.15) is 0 Å². The molecule has 2 heterocycles. The Morgan fingerprint density at radius 2 is 1.79 bits per heavy atom. The average molecular weight is 447 g/mol. The Bertz CT molecular complexity index is 1050. The molecule has 4 rings (SSSR count). The maximum atomic E-state index is 5.95. The summed E-state index contributed by atoms with van der Waals surface area (Å²) in [5.74, 6) is 3.59. The molecule has 172 valence electrons. The van der Waals surface area contributed by atoms with Crippen LogP contribution < -0.4 is 19.5 Å². The second kappa shape index (κ2) is 10.7. The molecule has 1 aromatic heterocycles. The largest absolute Gasteiger partial charge is 0.493 e. The highest BCUT2D eigenvalue weighted by molar-refractivity contribution is 5.80. The van der Waals surface area contributed by atoms with Crippen LogP contribution in [0, 0.1) is 0 Å². The van der Waals surface area contributed by atoms with Crippen LogP contribution in [0.25, 0.3) is 0 Å². The highest BCUT2D eigenvalue weighted by atomic mass is 16.5. The lowest BCUT2D eigenvalue weighted by atomic mass is 9.99. The standard InChI is InChI=1S/C26H30N4O3/c1-27-26(30-15-14-21(18-30)20-8-5-4-6-9-20)29-17-19-12-13-24(28-16-19)33-25-22(31-2)10-7-11-23(25)32-3/h4-13,16,21H,14-15,17-18H2,1-3H3,(H,27,29). The van der Waals surface area contributed by atoms with Crippen molar-refractivity contribution >= 4 is 5.96 Å². The van der Waals surface area contributed by atoms with Gasteiger partial charge < -0.3 is 24.4 Å². The van der Waals surface area contributed by atoms with E-state index in [2.05, 4.69) is 50.5 Å². The fourth-order valence-corrected chi connectivity index (χ4v) is 4.06. The van der Waals surface area contributed by atoms with E-state index < -0.39 is 0 Å². The number of guanidine groups is 1. The molecule has 2 aromatic carbocycles. The van der Waals surface area contributed by atoms with E-state index in [1.165, 1.54) is 5.56 Å². The predicted molar refractivity (Wildman–Crippen MR) is 129 cm³/mol. The van der Waals surface area contributed by atoms with Gasteiger partial charge in [-0.2, -0.15) is 0 Å². The lowest BCUT2D eigenvalue weighted by Gasteiger charge is -2.22. The van der Waals surface area contributed by atoms with Crippen LogP contribution in [-0.4, -0.2) is 50.2 Å². The number of aromatic nitrogens is 1. The third-order valence-electron chi connectivity index (χ3n) is 5.81. The van der Waals surface area contributed by atoms with Gasteiger partial charge in [-0.1, -0.05) is 42.5 Å². The summed E-state index contributed by atoms with van der Waals surface area (Å²) < 4.78 is 16.7. The minimum absolute atomic E-state index is 0.469. The van der Waals surface area contributed by atoms with Crippen LogP contribution in [0.3, 0.4) is 0 Å². The first-order valence-electron chi connectivity index (χ1n) is 11.1. The fourth-order valence-electron chi connectivity index (χ4n) is 4.06. The molecule has 33 heavy (non-hydrogen) atoms. The first kappa shape index (κ1) is 22.5. The summed E-state index contributed by atoms with van der Waals surface area (Å²) in [6.45, 7) is 2.59. The van der Waals surface area contributed by atoms with E-state index in [-0.39, 0.29) is 0 Å². The number of nitrogens with one attached hydrogen (secondary N) is 1. The third-order valence-corrected chi connectivity index (χ3v) is 5.81. The van der Waals surface area contributed by atoms with Gasteiger partial charge in [0.05, 0.1) is 14.2 Å². The zero-order valence-corrected chi connectivity index (χ0v) is 19.3. The van der Waals surface area contributed by atoms with Crippen molar-refractivity contribution < 1.29 is 14.2 Å². The van der Waals surface area contributed by atoms with Gasteiger partial charge in [0.15, 0.2) is 17.5 Å². The van der Waals surface area contributed by atoms with Crippen molar-refractivity contribution in [3.8, 4) is 23.1 Å². The lowest BCUT2D eigenvalue weighted by Crippen LogP contribution is -2.39. The number of hydrogen-bond acceptors (Lipinski definition) is 5. The smallest absolute Gasteiger partial charge is 0.219 e. The predicted octanol–water partition coefficient (Wildman–Crippen LogP) is 4.46. The molecule has 1 aliphatic heterocycles. The van der Waals surface area contributed by atoms with E-state index in [0.717, 1.165) is 31.0 Å². The number of aliphatic imine (C=N–C) groups is 1. The maximum absolute atomic E-state index is 5.95. The summed E-state index contributed by atoms with van der Waals surface area (Å²) in [5, 5.41) is 3.46. The summed E-state index contributed by atoms with van der Waals surface area (Å²) in [6.07, 6.45) is 2.93. The minimum Gasteiger partial charge on any atom is -0.493 e. The Labute approximate surface area is 195 Å². The molecule has 0 aliphatic carbocycles. The van der Waals surface area contributed by atoms with Crippen LogP contribution >= 0.6 is 0 Å². The van der Waals surface area contributed by atoms with E-state index in [1.54, 1.807) is 20.4 Å². The highest BCUT2D eigenvalue weighted by Gasteiger charge is 2.25. The Morgan fingerprint density at radius 3 is 2.42 bits per heavy atom. The molecule has 1 saturated heterocycles. The molecule has 0 bridgehead atoms. The van der Waals surface area contributed by atoms with Gasteiger partial charge in [0, 0.05) is 44.9 Å². The molecule has 0 spiro atoms. The van der Waals surface area contributed by atoms with Crippen LogP contribution in [0.2, 0.25) is 0 Å². The molecule has 3 aromatic rings. The molecule has 1 N–H and O–H groups in total. The molecular formula is C26H30N4O3. The summed E-state index contributed by atoms with van der Waals surface area (Å²) in [4.78, 5) is 11.3. The Morgan fingerprint density at radius 1 is 1.03 bits per heavy atom. The van der Waals surface area contributed by atoms with Gasteiger partial charge in [-0.25, -0.2) is 4.98 Å². The molecule has 1 atom stereocenters. The minimum atomic E-state index is 0.469. The second-order valence-corrected chi connectivity index (χ2v) is 7.84. The van der Waals surface area contributed by atoms with Crippen molar-refractivity contribution in [2.24, 2.45) is 4.99 Å². The monoisotopic (exact) mass is 446 g/mol. The van der Waals surface area contributed by atoms with Crippen LogP contribution in [-0.2, 0) is 6.54 Å². The first-order chi connectivity index (χ1) is 16.2. The first-order valence-corrected chi connectivity index (χ1v) is 11.1. The van der Waals surface area contributed by atoms with Gasteiger partial charge in [-0.05, 0) is 29.7 Å². The van der Waals surface area contributed by atoms with E-state index in [9.17, 15) is 0 Å². The molecule has 7 nitrogen and oxygen atoms in total. The quantitative estimate of drug-likeness (QED) is 0.427. The summed E-state index contributed by atoms with van der Waals surface area (Å²) >= 11 is 0. The normalized spacial score (nSPS) is 15.9. The van der Waals surface area contributed by atoms with Crippen molar-refractivity contribution in [1.29, 1.82) is 0 Å². The number of hydrogen-bond donors (Lipinski definition) is 1. The molecule has 0 radical (unpaired) electrons. The van der Waals surface area contributed by atoms with E-state index >= 15 is 0 Å². The van der Waals surface area contributed by atoms with Gasteiger partial charge in [-0.15, -0.1) is 0 Å². The highest BCUT2D eigenvalue weighted by Crippen LogP contribution is 2.39. The second-order valence-electron chi connectivity index (χ2n) is 7.84. The van der Waals surface area contributed by atoms with Crippen molar-refractivity contribution in [2.75, 3.05) is 34.4 Å². The Kier molecular flexibility index (Phi) is 7.29. The number of methoxy groups -OCH3 is 2. The average Bonchev–Trinajstić information content (AvgIpc) is 3.36. The van der Waals surface area contributed by atoms with Gasteiger partial charge >= 0.3 is 0 Å². The van der Waals surface area contributed by atoms with Crippen LogP contribution in [0.15, 0.2) is 71.9 Å². The molecule has 0 saturated carbocycles. The molecule has 1 fully saturated rings. The number of nitrogens with zero attached hydrogens (tertiary/aromatic N) is 3. The van der Waals surface area contributed by atoms with Crippen molar-refractivity contribution in [3.05, 3.63) is 78.0 Å². The van der Waals surface area contributed by atoms with Gasteiger partial charge in [0.2, 0.25) is 11.6 Å². The molecular weight excluding hydrogens is 416 g/mol. The molecule has 0 amide bonds. The third kappa shape index (κ3) is 5.37. The van der Waals surface area contributed by atoms with Crippen molar-refractivity contribution in [1.82, 2.24) is 15.2 Å². The summed E-state index contributed by atoms with van der Waals surface area (Å²) in [5.41, 5.74) is 2.43. The number of pyridine rings is 1.